The Hall–Kier alpha value is -1.86. The average Bonchev–Trinajstić information content (AvgIpc) is 2.89. The molecule has 0 heterocycles. The van der Waals surface area contributed by atoms with Gasteiger partial charge in [-0.3, -0.25) is 0 Å². The van der Waals surface area contributed by atoms with Crippen LogP contribution < -0.4 is 0 Å². The minimum Gasteiger partial charge on any atom is -0.0616 e. The number of hydrogen-bond donors (Lipinski definition) is 0. The van der Waals surface area contributed by atoms with Crippen molar-refractivity contribution in [3.8, 4) is 0 Å². The Labute approximate surface area is 125 Å². The zero-order valence-electron chi connectivity index (χ0n) is 10.8. The molecule has 1 aliphatic rings. The lowest BCUT2D eigenvalue weighted by Crippen LogP contribution is -1.86. The van der Waals surface area contributed by atoms with Crippen LogP contribution in [0, 0.1) is 0 Å². The Morgan fingerprint density at radius 1 is 0.700 bits per heavy atom. The van der Waals surface area contributed by atoms with Gasteiger partial charge in [0.15, 0.2) is 0 Å². The lowest BCUT2D eigenvalue weighted by Gasteiger charge is -2.10. The second-order valence-electron chi connectivity index (χ2n) is 5.52. The van der Waals surface area contributed by atoms with Gasteiger partial charge in [0.2, 0.25) is 0 Å². The summed E-state index contributed by atoms with van der Waals surface area (Å²) in [5, 5.41) is 8.31. The van der Waals surface area contributed by atoms with Crippen molar-refractivity contribution in [2.45, 2.75) is 6.42 Å². The third-order valence-electron chi connectivity index (χ3n) is 4.53. The van der Waals surface area contributed by atoms with E-state index in [9.17, 15) is 0 Å². The first-order valence-corrected chi connectivity index (χ1v) is 7.67. The van der Waals surface area contributed by atoms with E-state index in [0.29, 0.717) is 0 Å². The second kappa shape index (κ2) is 3.62. The molecule has 0 fully saturated rings. The van der Waals surface area contributed by atoms with Gasteiger partial charge in [0.25, 0.3) is 0 Å². The van der Waals surface area contributed by atoms with Gasteiger partial charge in [0.1, 0.15) is 0 Å². The Morgan fingerprint density at radius 3 is 2.45 bits per heavy atom. The van der Waals surface area contributed by atoms with E-state index < -0.39 is 0 Å². The maximum absolute atomic E-state index is 3.83. The van der Waals surface area contributed by atoms with Crippen LogP contribution in [-0.4, -0.2) is 0 Å². The summed E-state index contributed by atoms with van der Waals surface area (Å²) in [6, 6.07) is 19.9. The third kappa shape index (κ3) is 1.17. The summed E-state index contributed by atoms with van der Waals surface area (Å²) in [5.41, 5.74) is 2.96. The molecule has 20 heavy (non-hydrogen) atoms. The SMILES string of the molecule is Brc1c2ccccc2c2c3c1ccc1cccc(c13)C2. The number of halogens is 1. The van der Waals surface area contributed by atoms with Crippen LogP contribution in [-0.2, 0) is 6.42 Å². The van der Waals surface area contributed by atoms with Gasteiger partial charge in [-0.25, -0.2) is 0 Å². The van der Waals surface area contributed by atoms with E-state index in [1.807, 2.05) is 0 Å². The molecule has 1 aliphatic carbocycles. The van der Waals surface area contributed by atoms with Crippen molar-refractivity contribution in [3.63, 3.8) is 0 Å². The van der Waals surface area contributed by atoms with E-state index in [1.165, 1.54) is 47.9 Å². The standard InChI is InChI=1S/C19H11Br/c20-19-14-7-2-1-6-13(14)16-10-12-5-3-4-11-8-9-15(19)18(16)17(11)12/h1-9H,10H2. The maximum Gasteiger partial charge on any atom is 0.0332 e. The van der Waals surface area contributed by atoms with E-state index in [2.05, 4.69) is 70.5 Å². The highest BCUT2D eigenvalue weighted by Gasteiger charge is 2.21. The molecule has 0 spiro atoms. The van der Waals surface area contributed by atoms with Gasteiger partial charge in [-0.15, -0.1) is 0 Å². The number of hydrogen-bond acceptors (Lipinski definition) is 0. The fourth-order valence-corrected chi connectivity index (χ4v) is 4.37. The second-order valence-corrected chi connectivity index (χ2v) is 6.31. The first kappa shape index (κ1) is 10.9. The van der Waals surface area contributed by atoms with Gasteiger partial charge in [-0.05, 0) is 65.8 Å². The van der Waals surface area contributed by atoms with Gasteiger partial charge in [-0.2, -0.15) is 0 Å². The molecule has 0 nitrogen and oxygen atoms in total. The molecule has 4 aromatic rings. The van der Waals surface area contributed by atoms with Gasteiger partial charge in [0, 0.05) is 4.47 Å². The van der Waals surface area contributed by atoms with Crippen molar-refractivity contribution in [2.24, 2.45) is 0 Å². The topological polar surface area (TPSA) is 0 Å². The zero-order valence-corrected chi connectivity index (χ0v) is 12.4. The highest BCUT2D eigenvalue weighted by molar-refractivity contribution is 9.10. The summed E-state index contributed by atoms with van der Waals surface area (Å²) in [6.45, 7) is 0. The normalized spacial score (nSPS) is 13.1. The molecule has 0 radical (unpaired) electrons. The summed E-state index contributed by atoms with van der Waals surface area (Å²) >= 11 is 3.83. The van der Waals surface area contributed by atoms with Crippen molar-refractivity contribution in [1.29, 1.82) is 0 Å². The fraction of sp³-hybridized carbons (Fsp3) is 0.0526. The highest BCUT2D eigenvalue weighted by Crippen LogP contribution is 2.45. The quantitative estimate of drug-likeness (QED) is 0.249. The van der Waals surface area contributed by atoms with Crippen LogP contribution in [0.15, 0.2) is 59.1 Å². The van der Waals surface area contributed by atoms with Crippen LogP contribution in [0.1, 0.15) is 11.1 Å². The molecule has 1 heteroatoms. The smallest absolute Gasteiger partial charge is 0.0332 e. The molecule has 94 valence electrons. The van der Waals surface area contributed by atoms with Crippen LogP contribution in [0.5, 0.6) is 0 Å². The predicted molar refractivity (Wildman–Crippen MR) is 89.5 cm³/mol. The lowest BCUT2D eigenvalue weighted by molar-refractivity contribution is 1.29. The van der Waals surface area contributed by atoms with E-state index >= 15 is 0 Å². The van der Waals surface area contributed by atoms with Gasteiger partial charge >= 0.3 is 0 Å². The van der Waals surface area contributed by atoms with Gasteiger partial charge in [-0.1, -0.05) is 54.6 Å². The van der Waals surface area contributed by atoms with Crippen LogP contribution in [0.4, 0.5) is 0 Å². The molecule has 0 saturated carbocycles. The van der Waals surface area contributed by atoms with Gasteiger partial charge in [0.05, 0.1) is 0 Å². The Bertz CT molecular complexity index is 1030. The summed E-state index contributed by atoms with van der Waals surface area (Å²) < 4.78 is 1.23. The summed E-state index contributed by atoms with van der Waals surface area (Å²) in [6.07, 6.45) is 1.06. The molecule has 5 rings (SSSR count). The number of fused-ring (bicyclic) bond motifs is 2. The van der Waals surface area contributed by atoms with E-state index in [-0.39, 0.29) is 0 Å². The van der Waals surface area contributed by atoms with Crippen molar-refractivity contribution >= 4 is 48.2 Å². The summed E-state index contributed by atoms with van der Waals surface area (Å²) in [5.74, 6) is 0. The van der Waals surface area contributed by atoms with Crippen LogP contribution >= 0.6 is 15.9 Å². The van der Waals surface area contributed by atoms with Crippen molar-refractivity contribution in [1.82, 2.24) is 0 Å². The maximum atomic E-state index is 3.83. The predicted octanol–water partition coefficient (Wildman–Crippen LogP) is 5.81. The van der Waals surface area contributed by atoms with E-state index in [1.54, 1.807) is 0 Å². The molecule has 0 saturated heterocycles. The Morgan fingerprint density at radius 2 is 1.55 bits per heavy atom. The Kier molecular flexibility index (Phi) is 1.97. The molecule has 0 atom stereocenters. The molecule has 0 N–H and O–H groups in total. The van der Waals surface area contributed by atoms with Crippen LogP contribution in [0.25, 0.3) is 32.3 Å². The fourth-order valence-electron chi connectivity index (χ4n) is 3.69. The van der Waals surface area contributed by atoms with E-state index in [0.717, 1.165) is 6.42 Å². The third-order valence-corrected chi connectivity index (χ3v) is 5.38. The molecular formula is C19H11Br. The number of rotatable bonds is 0. The minimum absolute atomic E-state index is 1.06. The van der Waals surface area contributed by atoms with Crippen molar-refractivity contribution < 1.29 is 0 Å². The molecule has 0 aromatic heterocycles. The minimum atomic E-state index is 1.06. The van der Waals surface area contributed by atoms with Crippen LogP contribution in [0.3, 0.4) is 0 Å². The van der Waals surface area contributed by atoms with Crippen molar-refractivity contribution in [3.05, 3.63) is 70.2 Å². The van der Waals surface area contributed by atoms with Gasteiger partial charge < -0.3 is 0 Å². The monoisotopic (exact) mass is 318 g/mol. The first-order chi connectivity index (χ1) is 9.84. The summed E-state index contributed by atoms with van der Waals surface area (Å²) in [4.78, 5) is 0. The highest BCUT2D eigenvalue weighted by atomic mass is 79.9. The summed E-state index contributed by atoms with van der Waals surface area (Å²) in [7, 11) is 0. The molecule has 0 unspecified atom stereocenters. The van der Waals surface area contributed by atoms with Crippen LogP contribution in [0.2, 0.25) is 0 Å². The van der Waals surface area contributed by atoms with Crippen molar-refractivity contribution in [2.75, 3.05) is 0 Å². The number of benzene rings is 4. The molecule has 0 amide bonds. The molecular weight excluding hydrogens is 308 g/mol. The Balaban J connectivity index is 2.18. The molecule has 0 bridgehead atoms. The van der Waals surface area contributed by atoms with E-state index in [4.69, 9.17) is 0 Å². The molecule has 0 aliphatic heterocycles. The largest absolute Gasteiger partial charge is 0.0616 e. The lowest BCUT2D eigenvalue weighted by atomic mass is 9.97. The molecule has 4 aromatic carbocycles. The zero-order chi connectivity index (χ0) is 13.3. The average molecular weight is 319 g/mol. The first-order valence-electron chi connectivity index (χ1n) is 6.88.